The van der Waals surface area contributed by atoms with Gasteiger partial charge in [-0.25, -0.2) is 14.2 Å². The van der Waals surface area contributed by atoms with Crippen molar-refractivity contribution in [1.82, 2.24) is 4.98 Å². The Balaban J connectivity index is 2.64. The molecule has 0 aliphatic heterocycles. The van der Waals surface area contributed by atoms with E-state index < -0.39 is 11.8 Å². The third-order valence-electron chi connectivity index (χ3n) is 1.92. The fourth-order valence-electron chi connectivity index (χ4n) is 1.27. The van der Waals surface area contributed by atoms with Crippen LogP contribution < -0.4 is 0 Å². The number of benzene rings is 1. The molecular weight excluding hydrogens is 344 g/mol. The zero-order valence-electron chi connectivity index (χ0n) is 7.78. The highest BCUT2D eigenvalue weighted by Gasteiger charge is 2.19. The highest BCUT2D eigenvalue weighted by Crippen LogP contribution is 2.32. The van der Waals surface area contributed by atoms with E-state index in [4.69, 9.17) is 5.11 Å². The van der Waals surface area contributed by atoms with Crippen molar-refractivity contribution >= 4 is 39.9 Å². The largest absolute Gasteiger partial charge is 0.476 e. The highest BCUT2D eigenvalue weighted by molar-refractivity contribution is 14.1. The number of carboxylic acid groups (broad SMARTS) is 1. The van der Waals surface area contributed by atoms with Gasteiger partial charge in [0.2, 0.25) is 0 Å². The number of hydrogen-bond donors (Lipinski definition) is 1. The Bertz CT molecular complexity index is 556. The highest BCUT2D eigenvalue weighted by atomic mass is 127. The number of aromatic nitrogens is 1. The van der Waals surface area contributed by atoms with Gasteiger partial charge < -0.3 is 5.11 Å². The lowest BCUT2D eigenvalue weighted by Gasteiger charge is -1.99. The molecule has 82 valence electrons. The number of aromatic carboxylic acids is 1. The molecular formula is C10H5FINO2S. The average molecular weight is 349 g/mol. The molecule has 1 aromatic heterocycles. The topological polar surface area (TPSA) is 50.2 Å². The zero-order chi connectivity index (χ0) is 11.7. The van der Waals surface area contributed by atoms with E-state index in [0.29, 0.717) is 7.89 Å². The Morgan fingerprint density at radius 2 is 2.12 bits per heavy atom. The first-order chi connectivity index (χ1) is 7.59. The number of thiazole rings is 1. The smallest absolute Gasteiger partial charge is 0.356 e. The third-order valence-corrected chi connectivity index (χ3v) is 3.70. The van der Waals surface area contributed by atoms with Crippen LogP contribution >= 0.6 is 33.9 Å². The van der Waals surface area contributed by atoms with Crippen LogP contribution in [0.5, 0.6) is 0 Å². The second-order valence-electron chi connectivity index (χ2n) is 2.93. The number of halogens is 2. The summed E-state index contributed by atoms with van der Waals surface area (Å²) < 4.78 is 14.1. The van der Waals surface area contributed by atoms with Gasteiger partial charge in [0.15, 0.2) is 8.71 Å². The molecule has 1 aromatic carbocycles. The van der Waals surface area contributed by atoms with Gasteiger partial charge in [-0.2, -0.15) is 0 Å². The Hall–Kier alpha value is -1.02. The maximum atomic E-state index is 13.5. The van der Waals surface area contributed by atoms with E-state index in [1.165, 1.54) is 6.07 Å². The van der Waals surface area contributed by atoms with E-state index in [2.05, 4.69) is 4.98 Å². The molecule has 0 unspecified atom stereocenters. The summed E-state index contributed by atoms with van der Waals surface area (Å²) in [7, 11) is 0. The SMILES string of the molecule is O=C(O)c1nc(I)sc1-c1ccccc1F. The molecule has 3 nitrogen and oxygen atoms in total. The van der Waals surface area contributed by atoms with Crippen molar-refractivity contribution in [2.45, 2.75) is 0 Å². The van der Waals surface area contributed by atoms with E-state index >= 15 is 0 Å². The summed E-state index contributed by atoms with van der Waals surface area (Å²) in [5.41, 5.74) is 0.180. The van der Waals surface area contributed by atoms with Crippen molar-refractivity contribution in [1.29, 1.82) is 0 Å². The lowest BCUT2D eigenvalue weighted by molar-refractivity contribution is 0.0692. The molecule has 0 radical (unpaired) electrons. The Labute approximate surface area is 108 Å². The van der Waals surface area contributed by atoms with Gasteiger partial charge in [-0.1, -0.05) is 18.2 Å². The quantitative estimate of drug-likeness (QED) is 0.847. The van der Waals surface area contributed by atoms with E-state index in [0.717, 1.165) is 11.3 Å². The molecule has 0 spiro atoms. The Morgan fingerprint density at radius 3 is 2.75 bits per heavy atom. The first-order valence-electron chi connectivity index (χ1n) is 4.24. The summed E-state index contributed by atoms with van der Waals surface area (Å²) >= 11 is 3.08. The molecule has 2 rings (SSSR count). The van der Waals surface area contributed by atoms with Crippen LogP contribution in [-0.4, -0.2) is 16.1 Å². The molecule has 0 bridgehead atoms. The molecule has 1 heterocycles. The predicted octanol–water partition coefficient (Wildman–Crippen LogP) is 3.25. The molecule has 2 aromatic rings. The van der Waals surface area contributed by atoms with Crippen LogP contribution in [0.1, 0.15) is 10.5 Å². The zero-order valence-corrected chi connectivity index (χ0v) is 10.8. The van der Waals surface area contributed by atoms with E-state index in [9.17, 15) is 9.18 Å². The molecule has 1 N–H and O–H groups in total. The summed E-state index contributed by atoms with van der Waals surface area (Å²) in [5, 5.41) is 8.95. The van der Waals surface area contributed by atoms with Crippen LogP contribution in [0.25, 0.3) is 10.4 Å². The molecule has 0 saturated heterocycles. The van der Waals surface area contributed by atoms with Gasteiger partial charge in [0.1, 0.15) is 5.82 Å². The normalized spacial score (nSPS) is 10.4. The van der Waals surface area contributed by atoms with Crippen molar-refractivity contribution in [2.75, 3.05) is 0 Å². The number of carbonyl (C=O) groups is 1. The average Bonchev–Trinajstić information content (AvgIpc) is 2.61. The number of hydrogen-bond acceptors (Lipinski definition) is 3. The van der Waals surface area contributed by atoms with Gasteiger partial charge in [0.25, 0.3) is 0 Å². The number of carboxylic acids is 1. The molecule has 0 fully saturated rings. The van der Waals surface area contributed by atoms with Crippen LogP contribution in [0.3, 0.4) is 0 Å². The number of rotatable bonds is 2. The molecule has 16 heavy (non-hydrogen) atoms. The van der Waals surface area contributed by atoms with Gasteiger partial charge >= 0.3 is 5.97 Å². The minimum atomic E-state index is -1.14. The fraction of sp³-hybridized carbons (Fsp3) is 0. The summed E-state index contributed by atoms with van der Waals surface area (Å²) in [6, 6.07) is 6.07. The van der Waals surface area contributed by atoms with E-state index in [1.54, 1.807) is 18.2 Å². The standard InChI is InChI=1S/C10H5FINO2S/c11-6-4-2-1-3-5(6)8-7(9(14)15)13-10(12)16-8/h1-4H,(H,14,15). The van der Waals surface area contributed by atoms with E-state index in [-0.39, 0.29) is 11.3 Å². The monoisotopic (exact) mass is 349 g/mol. The summed E-state index contributed by atoms with van der Waals surface area (Å²) in [6.07, 6.45) is 0. The maximum Gasteiger partial charge on any atom is 0.356 e. The lowest BCUT2D eigenvalue weighted by atomic mass is 10.1. The van der Waals surface area contributed by atoms with Gasteiger partial charge in [-0.05, 0) is 28.7 Å². The summed E-state index contributed by atoms with van der Waals surface area (Å²) in [4.78, 5) is 15.2. The van der Waals surface area contributed by atoms with E-state index in [1.807, 2.05) is 22.6 Å². The van der Waals surface area contributed by atoms with Crippen molar-refractivity contribution in [3.05, 3.63) is 38.8 Å². The lowest BCUT2D eigenvalue weighted by Crippen LogP contribution is -1.99. The Morgan fingerprint density at radius 1 is 1.44 bits per heavy atom. The molecule has 6 heteroatoms. The van der Waals surface area contributed by atoms with Crippen molar-refractivity contribution in [2.24, 2.45) is 0 Å². The third kappa shape index (κ3) is 2.07. The van der Waals surface area contributed by atoms with Gasteiger partial charge in [0.05, 0.1) is 4.88 Å². The van der Waals surface area contributed by atoms with Crippen molar-refractivity contribution < 1.29 is 14.3 Å². The summed E-state index contributed by atoms with van der Waals surface area (Å²) in [5.74, 6) is -1.58. The van der Waals surface area contributed by atoms with Crippen molar-refractivity contribution in [3.8, 4) is 10.4 Å². The molecule has 0 amide bonds. The maximum absolute atomic E-state index is 13.5. The fourth-order valence-corrected chi connectivity index (χ4v) is 2.98. The van der Waals surface area contributed by atoms with Gasteiger partial charge in [0, 0.05) is 5.56 Å². The van der Waals surface area contributed by atoms with Crippen LogP contribution in [0.15, 0.2) is 24.3 Å². The second-order valence-corrected chi connectivity index (χ2v) is 5.68. The predicted molar refractivity (Wildman–Crippen MR) is 67.2 cm³/mol. The molecule has 0 aliphatic rings. The minimum absolute atomic E-state index is 0.0977. The Kier molecular flexibility index (Phi) is 3.20. The summed E-state index contributed by atoms with van der Waals surface area (Å²) in [6.45, 7) is 0. The van der Waals surface area contributed by atoms with Crippen LogP contribution in [0.2, 0.25) is 0 Å². The first kappa shape index (κ1) is 11.5. The minimum Gasteiger partial charge on any atom is -0.476 e. The van der Waals surface area contributed by atoms with Gasteiger partial charge in [-0.3, -0.25) is 0 Å². The van der Waals surface area contributed by atoms with Crippen LogP contribution in [0, 0.1) is 8.83 Å². The van der Waals surface area contributed by atoms with Crippen LogP contribution in [-0.2, 0) is 0 Å². The first-order valence-corrected chi connectivity index (χ1v) is 6.13. The molecule has 0 saturated carbocycles. The van der Waals surface area contributed by atoms with Gasteiger partial charge in [-0.15, -0.1) is 11.3 Å². The number of nitrogens with zero attached hydrogens (tertiary/aromatic N) is 1. The molecule has 0 atom stereocenters. The second kappa shape index (κ2) is 4.46. The molecule has 0 aliphatic carbocycles. The van der Waals surface area contributed by atoms with Crippen LogP contribution in [0.4, 0.5) is 4.39 Å². The van der Waals surface area contributed by atoms with Crippen molar-refractivity contribution in [3.63, 3.8) is 0 Å².